The lowest BCUT2D eigenvalue weighted by Gasteiger charge is -2.11. The number of aryl methyl sites for hydroxylation is 1. The highest BCUT2D eigenvalue weighted by Gasteiger charge is 2.04. The molecule has 2 rings (SSSR count). The molecule has 0 radical (unpaired) electrons. The quantitative estimate of drug-likeness (QED) is 0.370. The minimum absolute atomic E-state index is 0.405. The summed E-state index contributed by atoms with van der Waals surface area (Å²) < 4.78 is 12.2. The zero-order valence-corrected chi connectivity index (χ0v) is 13.2. The SMILES string of the molecule is Cc1ccccc1OCCOc1ccc(Br)cc1C=NO. The van der Waals surface area contributed by atoms with E-state index in [-0.39, 0.29) is 0 Å². The highest BCUT2D eigenvalue weighted by molar-refractivity contribution is 9.10. The maximum atomic E-state index is 8.66. The fraction of sp³-hybridized carbons (Fsp3) is 0.188. The number of halogens is 1. The highest BCUT2D eigenvalue weighted by atomic mass is 79.9. The van der Waals surface area contributed by atoms with Crippen molar-refractivity contribution in [2.45, 2.75) is 6.92 Å². The average Bonchev–Trinajstić information content (AvgIpc) is 2.47. The summed E-state index contributed by atoms with van der Waals surface area (Å²) in [5.41, 5.74) is 1.79. The van der Waals surface area contributed by atoms with E-state index in [0.717, 1.165) is 15.8 Å². The van der Waals surface area contributed by atoms with E-state index in [1.54, 1.807) is 0 Å². The van der Waals surface area contributed by atoms with Crippen molar-refractivity contribution in [3.8, 4) is 11.5 Å². The molecule has 0 saturated carbocycles. The second-order valence-electron chi connectivity index (χ2n) is 4.39. The minimum Gasteiger partial charge on any atom is -0.490 e. The van der Waals surface area contributed by atoms with Crippen molar-refractivity contribution in [2.75, 3.05) is 13.2 Å². The molecule has 0 fully saturated rings. The van der Waals surface area contributed by atoms with Crippen LogP contribution < -0.4 is 9.47 Å². The molecule has 0 bridgehead atoms. The van der Waals surface area contributed by atoms with Crippen LogP contribution in [0.4, 0.5) is 0 Å². The Morgan fingerprint density at radius 2 is 1.81 bits per heavy atom. The van der Waals surface area contributed by atoms with E-state index < -0.39 is 0 Å². The molecule has 2 aromatic carbocycles. The van der Waals surface area contributed by atoms with Crippen LogP contribution in [-0.4, -0.2) is 24.6 Å². The van der Waals surface area contributed by atoms with Crippen LogP contribution in [0.15, 0.2) is 52.1 Å². The van der Waals surface area contributed by atoms with Gasteiger partial charge < -0.3 is 14.7 Å². The molecule has 0 aliphatic carbocycles. The van der Waals surface area contributed by atoms with E-state index in [9.17, 15) is 0 Å². The number of nitrogens with zero attached hydrogens (tertiary/aromatic N) is 1. The van der Waals surface area contributed by atoms with Crippen LogP contribution in [0.3, 0.4) is 0 Å². The highest BCUT2D eigenvalue weighted by Crippen LogP contribution is 2.22. The van der Waals surface area contributed by atoms with Gasteiger partial charge in [-0.15, -0.1) is 0 Å². The molecule has 0 spiro atoms. The lowest BCUT2D eigenvalue weighted by Crippen LogP contribution is -2.10. The van der Waals surface area contributed by atoms with Crippen molar-refractivity contribution in [3.05, 3.63) is 58.1 Å². The van der Waals surface area contributed by atoms with Crippen molar-refractivity contribution in [1.82, 2.24) is 0 Å². The molecular formula is C16H16BrNO3. The van der Waals surface area contributed by atoms with Gasteiger partial charge in [0.2, 0.25) is 0 Å². The number of hydrogen-bond acceptors (Lipinski definition) is 4. The number of ether oxygens (including phenoxy) is 2. The number of oxime groups is 1. The van der Waals surface area contributed by atoms with Crippen LogP contribution in [0.25, 0.3) is 0 Å². The van der Waals surface area contributed by atoms with Gasteiger partial charge in [0.15, 0.2) is 0 Å². The topological polar surface area (TPSA) is 51.0 Å². The number of hydrogen-bond donors (Lipinski definition) is 1. The van der Waals surface area contributed by atoms with Gasteiger partial charge in [-0.1, -0.05) is 39.3 Å². The van der Waals surface area contributed by atoms with Crippen LogP contribution in [0.1, 0.15) is 11.1 Å². The van der Waals surface area contributed by atoms with Crippen LogP contribution in [0.2, 0.25) is 0 Å². The third-order valence-electron chi connectivity index (χ3n) is 2.86. The van der Waals surface area contributed by atoms with Crippen molar-refractivity contribution >= 4 is 22.1 Å². The number of benzene rings is 2. The molecule has 0 aliphatic heterocycles. The normalized spacial score (nSPS) is 10.8. The standard InChI is InChI=1S/C16H16BrNO3/c1-12-4-2-3-5-15(12)20-8-9-21-16-7-6-14(17)10-13(16)11-18-19/h2-7,10-11,19H,8-9H2,1H3. The second-order valence-corrected chi connectivity index (χ2v) is 5.30. The Hall–Kier alpha value is -2.01. The maximum Gasteiger partial charge on any atom is 0.128 e. The van der Waals surface area contributed by atoms with E-state index in [4.69, 9.17) is 14.7 Å². The lowest BCUT2D eigenvalue weighted by molar-refractivity contribution is 0.216. The van der Waals surface area contributed by atoms with Gasteiger partial charge >= 0.3 is 0 Å². The summed E-state index contributed by atoms with van der Waals surface area (Å²) in [5, 5.41) is 11.7. The van der Waals surface area contributed by atoms with Gasteiger partial charge in [0.25, 0.3) is 0 Å². The molecule has 4 nitrogen and oxygen atoms in total. The Morgan fingerprint density at radius 1 is 1.10 bits per heavy atom. The molecule has 5 heteroatoms. The largest absolute Gasteiger partial charge is 0.490 e. The van der Waals surface area contributed by atoms with Gasteiger partial charge in [0.05, 0.1) is 6.21 Å². The Balaban J connectivity index is 1.90. The molecule has 0 atom stereocenters. The van der Waals surface area contributed by atoms with Crippen LogP contribution >= 0.6 is 15.9 Å². The van der Waals surface area contributed by atoms with E-state index in [0.29, 0.717) is 24.5 Å². The monoisotopic (exact) mass is 349 g/mol. The van der Waals surface area contributed by atoms with Crippen LogP contribution in [0.5, 0.6) is 11.5 Å². The molecule has 0 aromatic heterocycles. The third-order valence-corrected chi connectivity index (χ3v) is 3.35. The molecule has 0 unspecified atom stereocenters. The molecule has 0 saturated heterocycles. The van der Waals surface area contributed by atoms with Gasteiger partial charge in [0.1, 0.15) is 24.7 Å². The summed E-state index contributed by atoms with van der Waals surface area (Å²) in [6.45, 7) is 2.85. The zero-order valence-electron chi connectivity index (χ0n) is 11.6. The molecule has 0 heterocycles. The van der Waals surface area contributed by atoms with E-state index >= 15 is 0 Å². The van der Waals surface area contributed by atoms with E-state index in [2.05, 4.69) is 21.1 Å². The summed E-state index contributed by atoms with van der Waals surface area (Å²) >= 11 is 3.36. The molecule has 2 aromatic rings. The van der Waals surface area contributed by atoms with E-state index in [1.165, 1.54) is 6.21 Å². The second kappa shape index (κ2) is 7.69. The Kier molecular flexibility index (Phi) is 5.63. The molecular weight excluding hydrogens is 334 g/mol. The Bertz CT molecular complexity index is 629. The number of para-hydroxylation sites is 1. The van der Waals surface area contributed by atoms with Crippen molar-refractivity contribution in [3.63, 3.8) is 0 Å². The Labute approximate surface area is 132 Å². The summed E-state index contributed by atoms with van der Waals surface area (Å²) in [5.74, 6) is 1.50. The predicted octanol–water partition coefficient (Wildman–Crippen LogP) is 4.02. The van der Waals surface area contributed by atoms with Gasteiger partial charge in [-0.3, -0.25) is 0 Å². The fourth-order valence-electron chi connectivity index (χ4n) is 1.84. The zero-order chi connectivity index (χ0) is 15.1. The van der Waals surface area contributed by atoms with Crippen molar-refractivity contribution in [2.24, 2.45) is 5.16 Å². The smallest absolute Gasteiger partial charge is 0.128 e. The minimum atomic E-state index is 0.405. The van der Waals surface area contributed by atoms with Gasteiger partial charge in [-0.2, -0.15) is 0 Å². The first-order chi connectivity index (χ1) is 10.2. The van der Waals surface area contributed by atoms with E-state index in [1.807, 2.05) is 49.4 Å². The summed E-state index contributed by atoms with van der Waals surface area (Å²) in [7, 11) is 0. The summed E-state index contributed by atoms with van der Waals surface area (Å²) in [4.78, 5) is 0. The lowest BCUT2D eigenvalue weighted by atomic mass is 10.2. The third kappa shape index (κ3) is 4.49. The van der Waals surface area contributed by atoms with Gasteiger partial charge in [0, 0.05) is 10.0 Å². The molecule has 110 valence electrons. The summed E-state index contributed by atoms with van der Waals surface area (Å²) in [6.07, 6.45) is 1.34. The van der Waals surface area contributed by atoms with Crippen LogP contribution in [0, 0.1) is 6.92 Å². The van der Waals surface area contributed by atoms with Crippen molar-refractivity contribution in [1.29, 1.82) is 0 Å². The predicted molar refractivity (Wildman–Crippen MR) is 85.7 cm³/mol. The molecule has 0 aliphatic rings. The average molecular weight is 350 g/mol. The first-order valence-electron chi connectivity index (χ1n) is 6.49. The maximum absolute atomic E-state index is 8.66. The van der Waals surface area contributed by atoms with Crippen LogP contribution in [-0.2, 0) is 0 Å². The summed E-state index contributed by atoms with van der Waals surface area (Å²) in [6, 6.07) is 13.3. The Morgan fingerprint density at radius 3 is 2.52 bits per heavy atom. The molecule has 21 heavy (non-hydrogen) atoms. The first kappa shape index (κ1) is 15.4. The fourth-order valence-corrected chi connectivity index (χ4v) is 2.21. The van der Waals surface area contributed by atoms with Gasteiger partial charge in [-0.25, -0.2) is 0 Å². The molecule has 1 N–H and O–H groups in total. The molecule has 0 amide bonds. The number of rotatable bonds is 6. The van der Waals surface area contributed by atoms with Gasteiger partial charge in [-0.05, 0) is 36.8 Å². The first-order valence-corrected chi connectivity index (χ1v) is 7.28. The van der Waals surface area contributed by atoms with Crippen molar-refractivity contribution < 1.29 is 14.7 Å².